The molecule has 8 aromatic carbocycles. The Labute approximate surface area is 783 Å². The minimum Gasteiger partial charge on any atom is -0.478 e. The SMILES string of the molecule is CC1Cc2c(oc3cccc(F)c23)C(c2c(F)cc(/C=C/C(=O)O)cc2F)N1CC(C)(C)F.CCn1cc(-c2ccc3oc4c(c3c2)CC(C)N(CC(C)(C)F)C4c2c(F)cc(/C=C/C(=O)O)cc2F)cn1.C[C@@H]1Cc2c(oc3cccc(F)c23)[C@@H](c2c(F)cc(/C=C/C(=O)O)cc2F)N1CC(C)(C)F.C[C@H]1Cc2c(oc3cccc(F)c23)[C@H](c2c(F)cc(/C=C/C(=O)O)cc2F)N1CC(C)(C)F. The van der Waals surface area contributed by atoms with Crippen LogP contribution in [0.5, 0.6) is 0 Å². The van der Waals surface area contributed by atoms with Gasteiger partial charge in [-0.3, -0.25) is 24.3 Å². The van der Waals surface area contributed by atoms with Crippen molar-refractivity contribution >= 4 is 92.1 Å². The molecule has 9 heterocycles. The smallest absolute Gasteiger partial charge is 0.328 e. The molecule has 138 heavy (non-hydrogen) atoms. The van der Waals surface area contributed by atoms with Crippen LogP contribution in [0.15, 0.2) is 176 Å². The van der Waals surface area contributed by atoms with Gasteiger partial charge in [-0.25, -0.2) is 85.0 Å². The van der Waals surface area contributed by atoms with Crippen molar-refractivity contribution in [1.29, 1.82) is 0 Å². The number of carboxylic acid groups (broad SMARTS) is 4. The number of benzene rings is 8. The van der Waals surface area contributed by atoms with Crippen LogP contribution in [0.25, 0.3) is 79.3 Å². The number of hydrogen-bond donors (Lipinski definition) is 4. The number of rotatable bonds is 22. The Balaban J connectivity index is 0.000000147. The molecule has 0 saturated heterocycles. The molecule has 17 rings (SSSR count). The van der Waals surface area contributed by atoms with Crippen molar-refractivity contribution in [3.8, 4) is 11.1 Å². The number of furan rings is 4. The van der Waals surface area contributed by atoms with Gasteiger partial charge < -0.3 is 38.1 Å². The first-order valence-electron chi connectivity index (χ1n) is 44.4. The largest absolute Gasteiger partial charge is 0.478 e. The fourth-order valence-electron chi connectivity index (χ4n) is 19.0. The summed E-state index contributed by atoms with van der Waals surface area (Å²) >= 11 is 0. The van der Waals surface area contributed by atoms with Gasteiger partial charge in [0.25, 0.3) is 0 Å². The second kappa shape index (κ2) is 39.7. The molecule has 0 bridgehead atoms. The summed E-state index contributed by atoms with van der Waals surface area (Å²) in [5.74, 6) is -13.0. The van der Waals surface area contributed by atoms with Crippen LogP contribution in [0.1, 0.15) is 204 Å². The number of hydrogen-bond acceptors (Lipinski definition) is 13. The average molecular weight is 1920 g/mol. The maximum Gasteiger partial charge on any atom is 0.328 e. The van der Waals surface area contributed by atoms with Crippen molar-refractivity contribution in [1.82, 2.24) is 29.4 Å². The third-order valence-electron chi connectivity index (χ3n) is 24.5. The summed E-state index contributed by atoms with van der Waals surface area (Å²) in [5.41, 5.74) is -2.36. The van der Waals surface area contributed by atoms with E-state index >= 15 is 35.1 Å². The molecular formula is C105H99F15N6O12. The number of carbonyl (C=O) groups is 4. The molecule has 4 unspecified atom stereocenters. The molecule has 13 aromatic rings. The van der Waals surface area contributed by atoms with Crippen LogP contribution < -0.4 is 0 Å². The first-order valence-corrected chi connectivity index (χ1v) is 44.4. The van der Waals surface area contributed by atoms with E-state index in [-0.39, 0.29) is 145 Å². The van der Waals surface area contributed by atoms with Crippen LogP contribution in [0.3, 0.4) is 0 Å². The highest BCUT2D eigenvalue weighted by molar-refractivity contribution is 5.91. The highest BCUT2D eigenvalue weighted by Crippen LogP contribution is 2.52. The van der Waals surface area contributed by atoms with Gasteiger partial charge in [-0.05, 0) is 265 Å². The topological polar surface area (TPSA) is 233 Å². The summed E-state index contributed by atoms with van der Waals surface area (Å²) in [6.07, 6.45) is 12.7. The average Bonchev–Trinajstić information content (AvgIpc) is 1.59. The summed E-state index contributed by atoms with van der Waals surface area (Å²) in [7, 11) is 0. The Kier molecular flexibility index (Phi) is 29.0. The van der Waals surface area contributed by atoms with Crippen molar-refractivity contribution < 1.29 is 123 Å². The predicted molar refractivity (Wildman–Crippen MR) is 491 cm³/mol. The van der Waals surface area contributed by atoms with Gasteiger partial charge in [0.2, 0.25) is 0 Å². The van der Waals surface area contributed by atoms with E-state index in [0.29, 0.717) is 53.7 Å². The number of fused-ring (bicyclic) bond motifs is 12. The van der Waals surface area contributed by atoms with Crippen LogP contribution in [0.4, 0.5) is 65.9 Å². The van der Waals surface area contributed by atoms with Crippen molar-refractivity contribution in [3.05, 3.63) is 312 Å². The number of carboxylic acids is 4. The quantitative estimate of drug-likeness (QED) is 0.0365. The van der Waals surface area contributed by atoms with Gasteiger partial charge in [0.1, 0.15) is 156 Å². The third-order valence-corrected chi connectivity index (χ3v) is 24.5. The summed E-state index contributed by atoms with van der Waals surface area (Å²) in [6, 6.07) is 21.3. The lowest BCUT2D eigenvalue weighted by molar-refractivity contribution is -0.132. The standard InChI is InChI=1S/C30H30F3N3O3.3C25H23F4NO3/c1-5-35-15-20(14-34-35)19-7-8-25-21(13-19)22-10-17(2)36(16-30(3,4)33)28(29(22)39-25)27-23(31)11-18(12-24(27)32)6-9-26(37)38;3*1-13-9-15-21-16(26)5-4-6-19(21)33-24(15)23(30(13)12-25(2,3)29)22-17(27)10-14(11-18(22)28)7-8-20(31)32/h6-9,11-15,17,28H,5,10,16H2,1-4H3,(H,37,38);3*4-8,10-11,13,23H,9,12H2,1-3H3,(H,31,32)/b9-6+;3*8-7+/t;2*13-,23-;/m.10./s1. The molecule has 18 nitrogen and oxygen atoms in total. The molecule has 0 saturated carbocycles. The molecule has 0 aliphatic carbocycles. The fraction of sp³-hybridized carbons (Fsp3) is 0.324. The van der Waals surface area contributed by atoms with E-state index in [1.807, 2.05) is 42.9 Å². The maximum atomic E-state index is 15.6. The Morgan fingerprint density at radius 1 is 0.355 bits per heavy atom. The second-order valence-electron chi connectivity index (χ2n) is 37.6. The van der Waals surface area contributed by atoms with Gasteiger partial charge in [-0.2, -0.15) is 5.10 Å². The predicted octanol–water partition coefficient (Wildman–Crippen LogP) is 24.9. The first kappa shape index (κ1) is 101. The molecule has 4 aliphatic heterocycles. The minimum absolute atomic E-state index is 0.0215. The van der Waals surface area contributed by atoms with Crippen LogP contribution in [0, 0.1) is 64.0 Å². The van der Waals surface area contributed by atoms with Gasteiger partial charge in [0.15, 0.2) is 0 Å². The number of aromatic nitrogens is 2. The number of alkyl halides is 4. The number of halogens is 15. The van der Waals surface area contributed by atoms with Gasteiger partial charge in [-0.15, -0.1) is 0 Å². The van der Waals surface area contributed by atoms with Crippen LogP contribution in [-0.4, -0.2) is 147 Å². The molecule has 4 N–H and O–H groups in total. The van der Waals surface area contributed by atoms with Crippen molar-refractivity contribution in [3.63, 3.8) is 0 Å². The minimum atomic E-state index is -1.68. The summed E-state index contributed by atoms with van der Waals surface area (Å²) in [6.45, 7) is 20.6. The monoisotopic (exact) mass is 1920 g/mol. The lowest BCUT2D eigenvalue weighted by Gasteiger charge is -2.42. The zero-order valence-corrected chi connectivity index (χ0v) is 77.2. The van der Waals surface area contributed by atoms with Crippen LogP contribution in [-0.2, 0) is 51.4 Å². The molecule has 0 spiro atoms. The maximum absolute atomic E-state index is 15.6. The van der Waals surface area contributed by atoms with E-state index in [2.05, 4.69) is 5.10 Å². The molecule has 4 aliphatic rings. The highest BCUT2D eigenvalue weighted by atomic mass is 19.2. The van der Waals surface area contributed by atoms with Gasteiger partial charge in [-0.1, -0.05) is 24.3 Å². The molecule has 0 amide bonds. The third kappa shape index (κ3) is 21.8. The Morgan fingerprint density at radius 2 is 0.609 bits per heavy atom. The number of aryl methyl sites for hydroxylation is 1. The van der Waals surface area contributed by atoms with E-state index in [1.54, 1.807) is 64.8 Å². The lowest BCUT2D eigenvalue weighted by atomic mass is 9.87. The molecule has 726 valence electrons. The van der Waals surface area contributed by atoms with Crippen molar-refractivity contribution in [2.24, 2.45) is 0 Å². The van der Waals surface area contributed by atoms with E-state index < -0.39 is 135 Å². The highest BCUT2D eigenvalue weighted by Gasteiger charge is 2.49. The summed E-state index contributed by atoms with van der Waals surface area (Å²) in [4.78, 5) is 49.8. The van der Waals surface area contributed by atoms with Gasteiger partial charge >= 0.3 is 23.9 Å². The first-order chi connectivity index (χ1) is 64.8. The number of aliphatic carboxylic acids is 4. The number of nitrogens with zero attached hydrogens (tertiary/aromatic N) is 6. The van der Waals surface area contributed by atoms with Crippen molar-refractivity contribution in [2.45, 2.75) is 193 Å². The van der Waals surface area contributed by atoms with Gasteiger partial charge in [0, 0.05) is 143 Å². The lowest BCUT2D eigenvalue weighted by Crippen LogP contribution is -2.48. The van der Waals surface area contributed by atoms with E-state index in [0.717, 1.165) is 126 Å². The summed E-state index contributed by atoms with van der Waals surface area (Å²) in [5, 5.41) is 41.2. The molecular weight excluding hydrogens is 1820 g/mol. The van der Waals surface area contributed by atoms with E-state index in [4.69, 9.17) is 38.1 Å². The zero-order chi connectivity index (χ0) is 100. The molecule has 8 atom stereocenters. The van der Waals surface area contributed by atoms with E-state index in [9.17, 15) is 49.9 Å². The van der Waals surface area contributed by atoms with Crippen LogP contribution in [0.2, 0.25) is 0 Å². The van der Waals surface area contributed by atoms with Crippen LogP contribution >= 0.6 is 0 Å². The molecule has 0 radical (unpaired) electrons. The van der Waals surface area contributed by atoms with Crippen molar-refractivity contribution in [2.75, 3.05) is 26.2 Å². The molecule has 5 aromatic heterocycles. The normalized spacial score (nSPS) is 19.0. The summed E-state index contributed by atoms with van der Waals surface area (Å²) < 4.78 is 252. The van der Waals surface area contributed by atoms with E-state index in [1.165, 1.54) is 91.8 Å². The van der Waals surface area contributed by atoms with Gasteiger partial charge in [0.05, 0.1) is 22.4 Å². The Morgan fingerprint density at radius 3 is 0.855 bits per heavy atom. The molecule has 33 heteroatoms. The Hall–Kier alpha value is -13.2. The molecule has 0 fully saturated rings. The zero-order valence-electron chi connectivity index (χ0n) is 77.2. The second-order valence-corrected chi connectivity index (χ2v) is 37.6. The Bertz CT molecular complexity index is 6440. The fourth-order valence-corrected chi connectivity index (χ4v) is 19.0.